The lowest BCUT2D eigenvalue weighted by atomic mass is 9.96. The first-order chi connectivity index (χ1) is 11.3. The van der Waals surface area contributed by atoms with E-state index in [0.717, 1.165) is 43.6 Å². The molecular weight excluding hydrogens is 295 g/mol. The number of halogens is 1. The van der Waals surface area contributed by atoms with Gasteiger partial charge in [0.05, 0.1) is 18.7 Å². The van der Waals surface area contributed by atoms with Crippen molar-refractivity contribution in [2.24, 2.45) is 5.92 Å². The second-order valence-electron chi connectivity index (χ2n) is 6.35. The number of ether oxygens (including phenoxy) is 2. The summed E-state index contributed by atoms with van der Waals surface area (Å²) in [5.41, 5.74) is 1.85. The molecule has 0 saturated carbocycles. The molecule has 4 rings (SSSR count). The minimum absolute atomic E-state index is 0.0547. The van der Waals surface area contributed by atoms with Crippen molar-refractivity contribution < 1.29 is 13.9 Å². The van der Waals surface area contributed by atoms with Gasteiger partial charge in [-0.3, -0.25) is 9.88 Å². The lowest BCUT2D eigenvalue weighted by Gasteiger charge is -2.34. The van der Waals surface area contributed by atoms with Crippen molar-refractivity contribution in [2.45, 2.75) is 25.7 Å². The van der Waals surface area contributed by atoms with Crippen LogP contribution >= 0.6 is 0 Å². The molecule has 2 saturated heterocycles. The number of hydrogen-bond donors (Lipinski definition) is 0. The minimum Gasteiger partial charge on any atom is -0.350 e. The zero-order chi connectivity index (χ0) is 15.6. The third-order valence-corrected chi connectivity index (χ3v) is 4.77. The number of piperidine rings is 1. The van der Waals surface area contributed by atoms with Gasteiger partial charge in [-0.1, -0.05) is 6.07 Å². The summed E-state index contributed by atoms with van der Waals surface area (Å²) >= 11 is 0. The van der Waals surface area contributed by atoms with Crippen molar-refractivity contribution in [2.75, 3.05) is 26.3 Å². The average molecular weight is 316 g/mol. The monoisotopic (exact) mass is 316 g/mol. The summed E-state index contributed by atoms with van der Waals surface area (Å²) in [5.74, 6) is 0.215. The number of pyridine rings is 1. The largest absolute Gasteiger partial charge is 0.350 e. The normalized spacial score (nSPS) is 23.6. The van der Waals surface area contributed by atoms with Crippen LogP contribution in [0.4, 0.5) is 4.39 Å². The maximum atomic E-state index is 13.9. The summed E-state index contributed by atoms with van der Waals surface area (Å²) < 4.78 is 25.3. The van der Waals surface area contributed by atoms with Gasteiger partial charge < -0.3 is 9.47 Å². The maximum absolute atomic E-state index is 13.9. The predicted molar refractivity (Wildman–Crippen MR) is 85.4 cm³/mol. The Labute approximate surface area is 135 Å². The quantitative estimate of drug-likeness (QED) is 0.872. The Kier molecular flexibility index (Phi) is 4.25. The number of aromatic nitrogens is 1. The van der Waals surface area contributed by atoms with Gasteiger partial charge in [0.15, 0.2) is 6.29 Å². The molecule has 1 aromatic carbocycles. The molecule has 2 fully saturated rings. The standard InChI is InChI=1S/C18H21FN2O2/c19-16-6-5-13(17-15(16)4-1-7-20-17)11-21-8-2-3-14(12-21)18-22-9-10-23-18/h1,4-7,14,18H,2-3,8-12H2. The Hall–Kier alpha value is -1.56. The van der Waals surface area contributed by atoms with Crippen LogP contribution in [0.1, 0.15) is 18.4 Å². The van der Waals surface area contributed by atoms with Crippen LogP contribution in [0.15, 0.2) is 30.5 Å². The maximum Gasteiger partial charge on any atom is 0.161 e. The van der Waals surface area contributed by atoms with Crippen LogP contribution in [0.5, 0.6) is 0 Å². The Balaban J connectivity index is 1.52. The van der Waals surface area contributed by atoms with Crippen LogP contribution in [0.3, 0.4) is 0 Å². The van der Waals surface area contributed by atoms with E-state index in [-0.39, 0.29) is 12.1 Å². The average Bonchev–Trinajstić information content (AvgIpc) is 3.13. The van der Waals surface area contributed by atoms with E-state index in [1.165, 1.54) is 0 Å². The van der Waals surface area contributed by atoms with E-state index in [4.69, 9.17) is 9.47 Å². The van der Waals surface area contributed by atoms with E-state index in [2.05, 4.69) is 9.88 Å². The Morgan fingerprint density at radius 2 is 2.09 bits per heavy atom. The molecule has 1 atom stereocenters. The van der Waals surface area contributed by atoms with Crippen molar-refractivity contribution in [1.29, 1.82) is 0 Å². The molecule has 4 nitrogen and oxygen atoms in total. The van der Waals surface area contributed by atoms with Gasteiger partial charge in [0.1, 0.15) is 5.82 Å². The van der Waals surface area contributed by atoms with Gasteiger partial charge in [0, 0.05) is 30.6 Å². The SMILES string of the molecule is Fc1ccc(CN2CCCC(C3OCCO3)C2)c2ncccc12. The van der Waals surface area contributed by atoms with E-state index in [1.807, 2.05) is 6.07 Å². The molecule has 2 aromatic rings. The minimum atomic E-state index is -0.207. The number of fused-ring (bicyclic) bond motifs is 1. The first-order valence-corrected chi connectivity index (χ1v) is 8.29. The predicted octanol–water partition coefficient (Wildman–Crippen LogP) is 2.96. The highest BCUT2D eigenvalue weighted by molar-refractivity contribution is 5.82. The molecule has 1 aromatic heterocycles. The summed E-state index contributed by atoms with van der Waals surface area (Å²) in [6.45, 7) is 4.20. The van der Waals surface area contributed by atoms with E-state index in [0.29, 0.717) is 24.5 Å². The van der Waals surface area contributed by atoms with Crippen molar-refractivity contribution in [3.05, 3.63) is 41.8 Å². The van der Waals surface area contributed by atoms with Crippen LogP contribution in [0.2, 0.25) is 0 Å². The second-order valence-corrected chi connectivity index (χ2v) is 6.35. The van der Waals surface area contributed by atoms with Crippen LogP contribution < -0.4 is 0 Å². The molecule has 2 aliphatic heterocycles. The van der Waals surface area contributed by atoms with Gasteiger partial charge >= 0.3 is 0 Å². The van der Waals surface area contributed by atoms with Gasteiger partial charge in [-0.05, 0) is 43.1 Å². The summed E-state index contributed by atoms with van der Waals surface area (Å²) in [6, 6.07) is 6.97. The number of rotatable bonds is 3. The number of likely N-dealkylation sites (tertiary alicyclic amines) is 1. The molecule has 0 N–H and O–H groups in total. The molecular formula is C18H21FN2O2. The van der Waals surface area contributed by atoms with E-state index >= 15 is 0 Å². The van der Waals surface area contributed by atoms with Gasteiger partial charge in [-0.2, -0.15) is 0 Å². The highest BCUT2D eigenvalue weighted by atomic mass is 19.1. The molecule has 1 unspecified atom stereocenters. The molecule has 2 aliphatic rings. The molecule has 0 bridgehead atoms. The zero-order valence-electron chi connectivity index (χ0n) is 13.1. The fourth-order valence-electron chi connectivity index (χ4n) is 3.67. The third kappa shape index (κ3) is 3.09. The topological polar surface area (TPSA) is 34.6 Å². The summed E-state index contributed by atoms with van der Waals surface area (Å²) in [7, 11) is 0. The Morgan fingerprint density at radius 3 is 2.96 bits per heavy atom. The Morgan fingerprint density at radius 1 is 1.22 bits per heavy atom. The lowest BCUT2D eigenvalue weighted by molar-refractivity contribution is -0.101. The molecule has 0 spiro atoms. The molecule has 0 amide bonds. The zero-order valence-corrected chi connectivity index (χ0v) is 13.1. The van der Waals surface area contributed by atoms with Gasteiger partial charge in [0.25, 0.3) is 0 Å². The van der Waals surface area contributed by atoms with E-state index in [1.54, 1.807) is 24.4 Å². The van der Waals surface area contributed by atoms with Crippen LogP contribution in [0, 0.1) is 11.7 Å². The van der Waals surface area contributed by atoms with Crippen LogP contribution in [-0.2, 0) is 16.0 Å². The second kappa shape index (κ2) is 6.51. The van der Waals surface area contributed by atoms with Gasteiger partial charge in [-0.15, -0.1) is 0 Å². The number of benzene rings is 1. The molecule has 3 heterocycles. The van der Waals surface area contributed by atoms with Crippen molar-refractivity contribution in [3.63, 3.8) is 0 Å². The van der Waals surface area contributed by atoms with Crippen LogP contribution in [0.25, 0.3) is 10.9 Å². The van der Waals surface area contributed by atoms with Gasteiger partial charge in [0.2, 0.25) is 0 Å². The first kappa shape index (κ1) is 15.0. The smallest absolute Gasteiger partial charge is 0.161 e. The molecule has 5 heteroatoms. The summed E-state index contributed by atoms with van der Waals surface area (Å²) in [6.07, 6.45) is 3.95. The van der Waals surface area contributed by atoms with E-state index < -0.39 is 0 Å². The molecule has 0 aliphatic carbocycles. The van der Waals surface area contributed by atoms with Crippen molar-refractivity contribution in [3.8, 4) is 0 Å². The summed E-state index contributed by atoms with van der Waals surface area (Å²) in [4.78, 5) is 6.79. The van der Waals surface area contributed by atoms with Crippen molar-refractivity contribution >= 4 is 10.9 Å². The Bertz CT molecular complexity index is 688. The molecule has 0 radical (unpaired) electrons. The number of hydrogen-bond acceptors (Lipinski definition) is 4. The fraction of sp³-hybridized carbons (Fsp3) is 0.500. The van der Waals surface area contributed by atoms with Crippen LogP contribution in [-0.4, -0.2) is 42.5 Å². The van der Waals surface area contributed by atoms with Crippen molar-refractivity contribution in [1.82, 2.24) is 9.88 Å². The van der Waals surface area contributed by atoms with Gasteiger partial charge in [-0.25, -0.2) is 4.39 Å². The molecule has 23 heavy (non-hydrogen) atoms. The number of nitrogens with zero attached hydrogens (tertiary/aromatic N) is 2. The summed E-state index contributed by atoms with van der Waals surface area (Å²) in [5, 5.41) is 0.598. The first-order valence-electron chi connectivity index (χ1n) is 8.29. The lowest BCUT2D eigenvalue weighted by Crippen LogP contribution is -2.40. The molecule has 122 valence electrons. The third-order valence-electron chi connectivity index (χ3n) is 4.77. The fourth-order valence-corrected chi connectivity index (χ4v) is 3.67. The highest BCUT2D eigenvalue weighted by Gasteiger charge is 2.31. The van der Waals surface area contributed by atoms with E-state index in [9.17, 15) is 4.39 Å². The highest BCUT2D eigenvalue weighted by Crippen LogP contribution is 2.27.